The van der Waals surface area contributed by atoms with Gasteiger partial charge in [0.25, 0.3) is 5.56 Å². The molecule has 2 aromatic carbocycles. The van der Waals surface area contributed by atoms with Crippen LogP contribution in [0.1, 0.15) is 20.3 Å². The van der Waals surface area contributed by atoms with Crippen molar-refractivity contribution in [2.75, 3.05) is 12.4 Å². The van der Waals surface area contributed by atoms with Crippen molar-refractivity contribution in [2.24, 2.45) is 0 Å². The topological polar surface area (TPSA) is 79.3 Å². The largest absolute Gasteiger partial charge is 0.419 e. The fourth-order valence-corrected chi connectivity index (χ4v) is 4.59. The van der Waals surface area contributed by atoms with Gasteiger partial charge in [-0.2, -0.15) is 0 Å². The molecule has 32 heavy (non-hydrogen) atoms. The zero-order chi connectivity index (χ0) is 22.7. The molecule has 0 aliphatic heterocycles. The Balaban J connectivity index is 1.59. The molecule has 168 valence electrons. The quantitative estimate of drug-likeness (QED) is 0.201. The molecular formula is C23H24ClN3O4S. The number of hydrogen-bond acceptors (Lipinski definition) is 6. The summed E-state index contributed by atoms with van der Waals surface area (Å²) in [4.78, 5) is 30.1. The second-order valence-electron chi connectivity index (χ2n) is 7.62. The molecule has 0 fully saturated rings. The second-order valence-corrected chi connectivity index (χ2v) is 9.12. The summed E-state index contributed by atoms with van der Waals surface area (Å²) in [6.07, 6.45) is 0.832. The van der Waals surface area contributed by atoms with Crippen molar-refractivity contribution >= 4 is 45.4 Å². The van der Waals surface area contributed by atoms with Gasteiger partial charge < -0.3 is 9.15 Å². The van der Waals surface area contributed by atoms with Gasteiger partial charge in [-0.3, -0.25) is 13.9 Å². The maximum Gasteiger partial charge on any atom is 0.419 e. The minimum absolute atomic E-state index is 0.107. The minimum atomic E-state index is -0.395. The average Bonchev–Trinajstić information content (AvgIpc) is 3.07. The maximum atomic E-state index is 13.2. The lowest BCUT2D eigenvalue weighted by molar-refractivity contribution is 0.0743. The Hall–Kier alpha value is -2.55. The van der Waals surface area contributed by atoms with Gasteiger partial charge in [-0.15, -0.1) is 0 Å². The number of para-hydroxylation sites is 2. The van der Waals surface area contributed by atoms with E-state index in [1.165, 1.54) is 11.8 Å². The Labute approximate surface area is 194 Å². The minimum Gasteiger partial charge on any atom is -0.408 e. The van der Waals surface area contributed by atoms with Gasteiger partial charge in [0, 0.05) is 30.5 Å². The average molecular weight is 474 g/mol. The van der Waals surface area contributed by atoms with E-state index in [-0.39, 0.29) is 11.7 Å². The Morgan fingerprint density at radius 2 is 1.94 bits per heavy atom. The predicted molar refractivity (Wildman–Crippen MR) is 128 cm³/mol. The van der Waals surface area contributed by atoms with Crippen molar-refractivity contribution in [3.8, 4) is 0 Å². The van der Waals surface area contributed by atoms with Gasteiger partial charge >= 0.3 is 5.76 Å². The first-order valence-electron chi connectivity index (χ1n) is 10.5. The van der Waals surface area contributed by atoms with Crippen molar-refractivity contribution in [3.63, 3.8) is 0 Å². The third kappa shape index (κ3) is 4.92. The first-order chi connectivity index (χ1) is 15.4. The number of halogens is 1. The fraction of sp³-hybridized carbons (Fsp3) is 0.348. The Morgan fingerprint density at radius 1 is 1.12 bits per heavy atom. The van der Waals surface area contributed by atoms with Gasteiger partial charge in [0.15, 0.2) is 10.7 Å². The van der Waals surface area contributed by atoms with Crippen LogP contribution in [-0.4, -0.2) is 32.6 Å². The van der Waals surface area contributed by atoms with Gasteiger partial charge in [0.1, 0.15) is 0 Å². The molecule has 0 aliphatic rings. The number of benzene rings is 2. The van der Waals surface area contributed by atoms with Crippen LogP contribution in [0.2, 0.25) is 5.02 Å². The number of aryl methyl sites for hydroxylation is 1. The van der Waals surface area contributed by atoms with Crippen molar-refractivity contribution < 1.29 is 9.15 Å². The van der Waals surface area contributed by atoms with E-state index in [4.69, 9.17) is 25.7 Å². The van der Waals surface area contributed by atoms with Crippen molar-refractivity contribution in [1.29, 1.82) is 0 Å². The molecule has 2 heterocycles. The normalized spacial score (nSPS) is 11.8. The monoisotopic (exact) mass is 473 g/mol. The van der Waals surface area contributed by atoms with E-state index in [9.17, 15) is 9.59 Å². The SMILES string of the molecule is CC(C)OCCCn1c(SCCn2c(=O)oc3ccccc32)nc2cc(Cl)ccc2c1=O. The lowest BCUT2D eigenvalue weighted by Gasteiger charge is -2.14. The van der Waals surface area contributed by atoms with Crippen LogP contribution >= 0.6 is 23.4 Å². The first-order valence-corrected chi connectivity index (χ1v) is 11.8. The standard InChI is InChI=1S/C23H24ClN3O4S/c1-15(2)30-12-5-10-27-21(28)17-9-8-16(24)14-18(17)25-22(27)32-13-11-26-19-6-3-4-7-20(19)31-23(26)29/h3-4,6-9,14-15H,5,10-13H2,1-2H3. The molecule has 0 amide bonds. The number of oxazole rings is 1. The lowest BCUT2D eigenvalue weighted by Crippen LogP contribution is -2.25. The summed E-state index contributed by atoms with van der Waals surface area (Å²) in [5.74, 6) is 0.151. The highest BCUT2D eigenvalue weighted by molar-refractivity contribution is 7.99. The third-order valence-corrected chi connectivity index (χ3v) is 6.17. The van der Waals surface area contributed by atoms with Crippen molar-refractivity contribution in [1.82, 2.24) is 14.1 Å². The molecule has 0 aliphatic carbocycles. The summed E-state index contributed by atoms with van der Waals surface area (Å²) in [5.41, 5.74) is 1.76. The van der Waals surface area contributed by atoms with Crippen LogP contribution in [0.4, 0.5) is 0 Å². The number of aromatic nitrogens is 3. The molecule has 9 heteroatoms. The summed E-state index contributed by atoms with van der Waals surface area (Å²) >= 11 is 7.55. The zero-order valence-corrected chi connectivity index (χ0v) is 19.5. The smallest absolute Gasteiger partial charge is 0.408 e. The third-order valence-electron chi connectivity index (χ3n) is 4.98. The number of ether oxygens (including phenoxy) is 1. The summed E-state index contributed by atoms with van der Waals surface area (Å²) < 4.78 is 14.2. The van der Waals surface area contributed by atoms with E-state index in [1.54, 1.807) is 33.4 Å². The number of thioether (sulfide) groups is 1. The molecule has 0 unspecified atom stereocenters. The molecule has 0 bridgehead atoms. The summed E-state index contributed by atoms with van der Waals surface area (Å²) in [7, 11) is 0. The van der Waals surface area contributed by atoms with Gasteiger partial charge in [-0.05, 0) is 50.6 Å². The van der Waals surface area contributed by atoms with Crippen molar-refractivity contribution in [3.05, 3.63) is 68.4 Å². The van der Waals surface area contributed by atoms with Crippen LogP contribution < -0.4 is 11.3 Å². The van der Waals surface area contributed by atoms with Crippen LogP contribution in [0.5, 0.6) is 0 Å². The van der Waals surface area contributed by atoms with Gasteiger partial charge in [-0.25, -0.2) is 9.78 Å². The highest BCUT2D eigenvalue weighted by Gasteiger charge is 2.14. The number of hydrogen-bond donors (Lipinski definition) is 0. The molecule has 4 rings (SSSR count). The molecule has 2 aromatic heterocycles. The molecule has 0 N–H and O–H groups in total. The second kappa shape index (κ2) is 9.94. The number of nitrogens with zero attached hydrogens (tertiary/aromatic N) is 3. The molecular weight excluding hydrogens is 450 g/mol. The molecule has 0 radical (unpaired) electrons. The van der Waals surface area contributed by atoms with E-state index in [0.717, 1.165) is 5.52 Å². The highest BCUT2D eigenvalue weighted by Crippen LogP contribution is 2.21. The van der Waals surface area contributed by atoms with Gasteiger partial charge in [0.05, 0.1) is 22.5 Å². The van der Waals surface area contributed by atoms with Crippen molar-refractivity contribution in [2.45, 2.75) is 44.6 Å². The Kier molecular flexibility index (Phi) is 7.03. The Morgan fingerprint density at radius 3 is 2.75 bits per heavy atom. The maximum absolute atomic E-state index is 13.2. The fourth-order valence-electron chi connectivity index (χ4n) is 3.48. The predicted octanol–water partition coefficient (Wildman–Crippen LogP) is 4.57. The lowest BCUT2D eigenvalue weighted by atomic mass is 10.2. The molecule has 0 saturated heterocycles. The van der Waals surface area contributed by atoms with E-state index in [0.29, 0.717) is 58.5 Å². The molecule has 0 atom stereocenters. The van der Waals surface area contributed by atoms with E-state index in [1.807, 2.05) is 32.0 Å². The van der Waals surface area contributed by atoms with E-state index < -0.39 is 5.76 Å². The molecule has 4 aromatic rings. The van der Waals surface area contributed by atoms with Crippen LogP contribution in [0.3, 0.4) is 0 Å². The molecule has 7 nitrogen and oxygen atoms in total. The van der Waals surface area contributed by atoms with Crippen LogP contribution in [0.25, 0.3) is 22.0 Å². The van der Waals surface area contributed by atoms with Gasteiger partial charge in [0.2, 0.25) is 0 Å². The molecule has 0 saturated carbocycles. The van der Waals surface area contributed by atoms with Crippen LogP contribution in [0.15, 0.2) is 61.6 Å². The summed E-state index contributed by atoms with van der Waals surface area (Å²) in [5, 5.41) is 1.65. The number of fused-ring (bicyclic) bond motifs is 2. The number of rotatable bonds is 9. The summed E-state index contributed by atoms with van der Waals surface area (Å²) in [6.45, 7) is 5.45. The first kappa shape index (κ1) is 22.6. The van der Waals surface area contributed by atoms with Crippen LogP contribution in [-0.2, 0) is 17.8 Å². The zero-order valence-electron chi connectivity index (χ0n) is 17.9. The summed E-state index contributed by atoms with van der Waals surface area (Å²) in [6, 6.07) is 12.4. The molecule has 0 spiro atoms. The van der Waals surface area contributed by atoms with Crippen LogP contribution in [0, 0.1) is 0 Å². The Bertz CT molecular complexity index is 1360. The van der Waals surface area contributed by atoms with E-state index >= 15 is 0 Å². The highest BCUT2D eigenvalue weighted by atomic mass is 35.5. The van der Waals surface area contributed by atoms with E-state index in [2.05, 4.69) is 0 Å². The van der Waals surface area contributed by atoms with Gasteiger partial charge in [-0.1, -0.05) is 35.5 Å².